The van der Waals surface area contributed by atoms with Crippen LogP contribution >= 0.6 is 0 Å². The van der Waals surface area contributed by atoms with E-state index in [1.54, 1.807) is 42.7 Å². The van der Waals surface area contributed by atoms with E-state index in [-0.39, 0.29) is 23.6 Å². The molecule has 1 amide bonds. The largest absolute Gasteiger partial charge is 0.586 e. The number of carbonyl (C=O) groups excluding carboxylic acids is 1. The summed E-state index contributed by atoms with van der Waals surface area (Å²) in [5.74, 6) is -0.680. The molecule has 1 aromatic heterocycles. The molecule has 8 nitrogen and oxygen atoms in total. The number of aromatic nitrogens is 2. The van der Waals surface area contributed by atoms with Crippen LogP contribution in [0.4, 0.5) is 22.0 Å². The Morgan fingerprint density at radius 2 is 1.82 bits per heavy atom. The molecule has 1 aliphatic carbocycles. The summed E-state index contributed by atoms with van der Waals surface area (Å²) < 4.78 is 73.4. The zero-order valence-electron chi connectivity index (χ0n) is 16.8. The second-order valence-corrected chi connectivity index (χ2v) is 6.94. The average molecular weight is 469 g/mol. The highest BCUT2D eigenvalue weighted by molar-refractivity contribution is 5.95. The molecule has 2 unspecified atom stereocenters. The summed E-state index contributed by atoms with van der Waals surface area (Å²) in [6.45, 7) is 0. The molecule has 3 aliphatic rings. The Morgan fingerprint density at radius 1 is 1.15 bits per heavy atom. The van der Waals surface area contributed by atoms with E-state index in [9.17, 15) is 26.7 Å². The fourth-order valence-electron chi connectivity index (χ4n) is 3.22. The van der Waals surface area contributed by atoms with Gasteiger partial charge in [0, 0.05) is 13.2 Å². The first-order valence-electron chi connectivity index (χ1n) is 9.49. The number of hydrogen-bond donors (Lipinski definition) is 2. The molecular weight excluding hydrogens is 453 g/mol. The fraction of sp³-hybridized carbons (Fsp3) is 0.250. The second kappa shape index (κ2) is 8.22. The van der Waals surface area contributed by atoms with Crippen LogP contribution in [-0.2, 0) is 15.7 Å². The molecule has 3 heterocycles. The average Bonchev–Trinajstić information content (AvgIpc) is 3.47. The molecule has 0 radical (unpaired) electrons. The third-order valence-electron chi connectivity index (χ3n) is 4.71. The number of alkyl halides is 5. The number of ether oxygens (including phenoxy) is 2. The molecule has 174 valence electrons. The third-order valence-corrected chi connectivity index (χ3v) is 4.71. The summed E-state index contributed by atoms with van der Waals surface area (Å²) in [4.78, 5) is 15.5. The molecule has 5 rings (SSSR count). The van der Waals surface area contributed by atoms with Gasteiger partial charge in [-0.15, -0.1) is 8.78 Å². The van der Waals surface area contributed by atoms with Crippen molar-refractivity contribution in [1.29, 1.82) is 0 Å². The predicted molar refractivity (Wildman–Crippen MR) is 104 cm³/mol. The molecule has 1 fully saturated rings. The van der Waals surface area contributed by atoms with E-state index in [0.29, 0.717) is 5.69 Å². The van der Waals surface area contributed by atoms with Crippen LogP contribution in [0.15, 0.2) is 65.2 Å². The number of aliphatic imine (C=N–C) groups is 1. The molecule has 0 saturated carbocycles. The molecule has 1 saturated heterocycles. The SMILES string of the molecule is CNC(=O)c1cn(-c2ccccc2)nc1C(F)(F)F.FC1(F)OC2=CC3N=CNC3C=C2O1. The highest BCUT2D eigenvalue weighted by Crippen LogP contribution is 2.39. The zero-order valence-corrected chi connectivity index (χ0v) is 16.8. The first-order chi connectivity index (χ1) is 15.6. The summed E-state index contributed by atoms with van der Waals surface area (Å²) in [5.41, 5.74) is -1.25. The van der Waals surface area contributed by atoms with E-state index in [4.69, 9.17) is 0 Å². The van der Waals surface area contributed by atoms with E-state index >= 15 is 0 Å². The van der Waals surface area contributed by atoms with Gasteiger partial charge in [0.1, 0.15) is 0 Å². The van der Waals surface area contributed by atoms with E-state index in [2.05, 4.69) is 30.2 Å². The van der Waals surface area contributed by atoms with Crippen LogP contribution < -0.4 is 10.6 Å². The van der Waals surface area contributed by atoms with Gasteiger partial charge in [0.15, 0.2) is 17.2 Å². The lowest BCUT2D eigenvalue weighted by atomic mass is 10.0. The van der Waals surface area contributed by atoms with E-state index in [0.717, 1.165) is 10.9 Å². The van der Waals surface area contributed by atoms with Crippen LogP contribution in [0, 0.1) is 0 Å². The lowest BCUT2D eigenvalue weighted by molar-refractivity contribution is -0.326. The van der Waals surface area contributed by atoms with E-state index < -0.39 is 29.6 Å². The number of para-hydroxylation sites is 1. The molecule has 2 atom stereocenters. The van der Waals surface area contributed by atoms with Crippen molar-refractivity contribution in [1.82, 2.24) is 20.4 Å². The Hall–Kier alpha value is -3.90. The van der Waals surface area contributed by atoms with Gasteiger partial charge in [0.25, 0.3) is 5.91 Å². The Bertz CT molecular complexity index is 1140. The summed E-state index contributed by atoms with van der Waals surface area (Å²) in [6, 6.07) is 7.99. The van der Waals surface area contributed by atoms with Gasteiger partial charge in [-0.3, -0.25) is 9.79 Å². The lowest BCUT2D eigenvalue weighted by Gasteiger charge is -2.15. The third kappa shape index (κ3) is 4.66. The van der Waals surface area contributed by atoms with Gasteiger partial charge >= 0.3 is 12.5 Å². The van der Waals surface area contributed by atoms with Gasteiger partial charge in [0.05, 0.1) is 29.7 Å². The van der Waals surface area contributed by atoms with Crippen LogP contribution in [0.1, 0.15) is 16.1 Å². The smallest absolute Gasteiger partial charge is 0.396 e. The summed E-state index contributed by atoms with van der Waals surface area (Å²) in [5, 5.41) is 8.52. The van der Waals surface area contributed by atoms with Crippen LogP contribution in [0.25, 0.3) is 5.69 Å². The van der Waals surface area contributed by atoms with Crippen molar-refractivity contribution in [2.75, 3.05) is 7.05 Å². The second-order valence-electron chi connectivity index (χ2n) is 6.94. The summed E-state index contributed by atoms with van der Waals surface area (Å²) in [6.07, 6.45) is -2.53. The van der Waals surface area contributed by atoms with Crippen molar-refractivity contribution in [3.63, 3.8) is 0 Å². The minimum atomic E-state index is -4.68. The van der Waals surface area contributed by atoms with Crippen molar-refractivity contribution in [3.05, 3.63) is 71.5 Å². The number of amides is 1. The number of carbonyl (C=O) groups is 1. The highest BCUT2D eigenvalue weighted by atomic mass is 19.4. The molecule has 0 spiro atoms. The monoisotopic (exact) mass is 469 g/mol. The van der Waals surface area contributed by atoms with E-state index in [1.807, 2.05) is 0 Å². The number of hydrogen-bond acceptors (Lipinski definition) is 6. The molecule has 33 heavy (non-hydrogen) atoms. The molecule has 1 aromatic carbocycles. The van der Waals surface area contributed by atoms with Crippen LogP contribution in [0.3, 0.4) is 0 Å². The molecule has 2 N–H and O–H groups in total. The zero-order chi connectivity index (χ0) is 23.8. The lowest BCUT2D eigenvalue weighted by Crippen LogP contribution is -2.31. The number of fused-ring (bicyclic) bond motifs is 2. The topological polar surface area (TPSA) is 89.8 Å². The summed E-state index contributed by atoms with van der Waals surface area (Å²) >= 11 is 0. The molecular formula is C20H16F5N5O3. The Kier molecular flexibility index (Phi) is 5.56. The maximum absolute atomic E-state index is 12.8. The van der Waals surface area contributed by atoms with Crippen LogP contribution in [0.5, 0.6) is 0 Å². The minimum Gasteiger partial charge on any atom is -0.396 e. The van der Waals surface area contributed by atoms with Gasteiger partial charge in [-0.1, -0.05) is 18.2 Å². The first-order valence-corrected chi connectivity index (χ1v) is 9.49. The Balaban J connectivity index is 0.000000163. The number of nitrogens with zero attached hydrogens (tertiary/aromatic N) is 3. The Morgan fingerprint density at radius 3 is 2.45 bits per heavy atom. The summed E-state index contributed by atoms with van der Waals surface area (Å²) in [7, 11) is 1.27. The fourth-order valence-corrected chi connectivity index (χ4v) is 3.22. The standard InChI is InChI=1S/C12H10F3N3O.C8H6F2N2O2/c1-16-11(19)9-7-18(8-5-3-2-4-6-8)17-10(9)12(13,14)15;9-8(10)13-6-1-4-5(12-3-11-4)2-7(6)14-8/h2-7H,1H3,(H,16,19);1-5H,(H,11,12). The number of halogens is 5. The van der Waals surface area contributed by atoms with Gasteiger partial charge in [0.2, 0.25) is 0 Å². The van der Waals surface area contributed by atoms with Crippen LogP contribution in [-0.4, -0.2) is 47.5 Å². The van der Waals surface area contributed by atoms with Crippen molar-refractivity contribution < 1.29 is 36.2 Å². The minimum absolute atomic E-state index is 0.0668. The molecule has 13 heteroatoms. The quantitative estimate of drug-likeness (QED) is 0.661. The van der Waals surface area contributed by atoms with E-state index in [1.165, 1.54) is 13.1 Å². The molecule has 2 aliphatic heterocycles. The van der Waals surface area contributed by atoms with Crippen molar-refractivity contribution in [2.45, 2.75) is 24.6 Å². The van der Waals surface area contributed by atoms with Crippen molar-refractivity contribution in [3.8, 4) is 5.69 Å². The van der Waals surface area contributed by atoms with Gasteiger partial charge in [-0.25, -0.2) is 4.68 Å². The predicted octanol–water partition coefficient (Wildman–Crippen LogP) is 2.98. The van der Waals surface area contributed by atoms with Crippen molar-refractivity contribution in [2.24, 2.45) is 4.99 Å². The maximum Gasteiger partial charge on any atom is 0.586 e. The first kappa shape index (κ1) is 22.3. The number of benzene rings is 1. The molecule has 2 aromatic rings. The molecule has 0 bridgehead atoms. The van der Waals surface area contributed by atoms with Crippen molar-refractivity contribution >= 4 is 12.2 Å². The van der Waals surface area contributed by atoms with Crippen LogP contribution in [0.2, 0.25) is 0 Å². The maximum atomic E-state index is 12.8. The normalized spacial score (nSPS) is 21.8. The number of nitrogens with one attached hydrogen (secondary N) is 2. The van der Waals surface area contributed by atoms with Gasteiger partial charge in [-0.2, -0.15) is 18.3 Å². The van der Waals surface area contributed by atoms with Gasteiger partial charge in [-0.05, 0) is 24.3 Å². The number of rotatable bonds is 2. The highest BCUT2D eigenvalue weighted by Gasteiger charge is 2.48. The van der Waals surface area contributed by atoms with Gasteiger partial charge < -0.3 is 20.1 Å². The Labute approximate surface area is 183 Å².